The average Bonchev–Trinajstić information content (AvgIpc) is 2.42. The van der Waals surface area contributed by atoms with Gasteiger partial charge in [0.1, 0.15) is 0 Å². The first-order chi connectivity index (χ1) is 5.64. The highest BCUT2D eigenvalue weighted by atomic mass is 32.2. The van der Waals surface area contributed by atoms with Crippen LogP contribution in [-0.2, 0) is 4.79 Å². The molecule has 4 heteroatoms. The molecule has 0 aromatic rings. The van der Waals surface area contributed by atoms with Crippen LogP contribution in [0.3, 0.4) is 0 Å². The van der Waals surface area contributed by atoms with Crippen molar-refractivity contribution in [2.45, 2.75) is 30.1 Å². The normalized spacial score (nSPS) is 46.1. The molecule has 2 aliphatic rings. The second-order valence-corrected chi connectivity index (χ2v) is 4.95. The molecule has 0 bridgehead atoms. The van der Waals surface area contributed by atoms with E-state index in [9.17, 15) is 4.79 Å². The summed E-state index contributed by atoms with van der Waals surface area (Å²) >= 11 is 1.74. The summed E-state index contributed by atoms with van der Waals surface area (Å²) in [7, 11) is 0. The molecule has 1 aliphatic heterocycles. The van der Waals surface area contributed by atoms with E-state index in [1.807, 2.05) is 0 Å². The van der Waals surface area contributed by atoms with Crippen LogP contribution >= 0.6 is 11.8 Å². The second-order valence-electron chi connectivity index (χ2n) is 3.72. The van der Waals surface area contributed by atoms with Crippen LogP contribution in [-0.4, -0.2) is 27.6 Å². The topological polar surface area (TPSA) is 63.3 Å². The molecule has 2 rings (SSSR count). The molecule has 0 radical (unpaired) electrons. The highest BCUT2D eigenvalue weighted by Crippen LogP contribution is 2.48. The molecular formula is C8H13NO2S. The van der Waals surface area contributed by atoms with Gasteiger partial charge in [-0.05, 0) is 12.8 Å². The minimum Gasteiger partial charge on any atom is -0.481 e. The van der Waals surface area contributed by atoms with Gasteiger partial charge in [-0.2, -0.15) is 11.8 Å². The molecular weight excluding hydrogens is 174 g/mol. The Morgan fingerprint density at radius 3 is 3.08 bits per heavy atom. The zero-order valence-corrected chi connectivity index (χ0v) is 7.64. The minimum atomic E-state index is -0.714. The zero-order chi connectivity index (χ0) is 8.77. The van der Waals surface area contributed by atoms with Crippen molar-refractivity contribution in [3.8, 4) is 0 Å². The Bertz CT molecular complexity index is 221. The van der Waals surface area contributed by atoms with E-state index in [4.69, 9.17) is 10.8 Å². The first-order valence-corrected chi connectivity index (χ1v) is 5.33. The fourth-order valence-corrected chi connectivity index (χ4v) is 4.13. The molecule has 0 aromatic heterocycles. The molecule has 3 unspecified atom stereocenters. The summed E-state index contributed by atoms with van der Waals surface area (Å²) in [5.41, 5.74) is 5.72. The Balaban J connectivity index is 2.23. The van der Waals surface area contributed by atoms with Gasteiger partial charge in [-0.3, -0.25) is 4.79 Å². The first-order valence-electron chi connectivity index (χ1n) is 4.28. The van der Waals surface area contributed by atoms with E-state index in [-0.39, 0.29) is 5.92 Å². The molecule has 0 aromatic carbocycles. The summed E-state index contributed by atoms with van der Waals surface area (Å²) in [6.45, 7) is 0. The van der Waals surface area contributed by atoms with Crippen LogP contribution in [0.25, 0.3) is 0 Å². The van der Waals surface area contributed by atoms with E-state index in [1.165, 1.54) is 0 Å². The molecule has 68 valence electrons. The summed E-state index contributed by atoms with van der Waals surface area (Å²) in [4.78, 5) is 10.9. The van der Waals surface area contributed by atoms with Crippen LogP contribution in [0.4, 0.5) is 0 Å². The summed E-state index contributed by atoms with van der Waals surface area (Å²) in [6.07, 6.45) is 3.09. The molecule has 3 nitrogen and oxygen atoms in total. The lowest BCUT2D eigenvalue weighted by Gasteiger charge is -2.27. The lowest BCUT2D eigenvalue weighted by Crippen LogP contribution is -2.51. The van der Waals surface area contributed by atoms with Gasteiger partial charge < -0.3 is 10.8 Å². The number of hydrogen-bond acceptors (Lipinski definition) is 3. The van der Waals surface area contributed by atoms with Crippen molar-refractivity contribution in [3.63, 3.8) is 0 Å². The van der Waals surface area contributed by atoms with Gasteiger partial charge in [0, 0.05) is 16.5 Å². The van der Waals surface area contributed by atoms with Crippen molar-refractivity contribution in [3.05, 3.63) is 0 Å². The van der Waals surface area contributed by atoms with E-state index in [0.29, 0.717) is 11.0 Å². The fraction of sp³-hybridized carbons (Fsp3) is 0.875. The maximum absolute atomic E-state index is 10.9. The maximum atomic E-state index is 10.9. The SMILES string of the molecule is NC12CCCC1SCC2C(=O)O. The quantitative estimate of drug-likeness (QED) is 0.633. The van der Waals surface area contributed by atoms with Crippen molar-refractivity contribution in [1.29, 1.82) is 0 Å². The minimum absolute atomic E-state index is 0.310. The number of carbonyl (C=O) groups is 1. The molecule has 1 saturated heterocycles. The fourth-order valence-electron chi connectivity index (χ4n) is 2.33. The van der Waals surface area contributed by atoms with Crippen molar-refractivity contribution < 1.29 is 9.90 Å². The zero-order valence-electron chi connectivity index (χ0n) is 6.82. The smallest absolute Gasteiger partial charge is 0.309 e. The van der Waals surface area contributed by atoms with Crippen LogP contribution < -0.4 is 5.73 Å². The first kappa shape index (κ1) is 8.38. The van der Waals surface area contributed by atoms with Gasteiger partial charge >= 0.3 is 5.97 Å². The summed E-state index contributed by atoms with van der Waals surface area (Å²) in [5.74, 6) is -0.319. The third kappa shape index (κ3) is 0.977. The van der Waals surface area contributed by atoms with E-state index < -0.39 is 11.5 Å². The Hall–Kier alpha value is -0.220. The number of hydrogen-bond donors (Lipinski definition) is 2. The van der Waals surface area contributed by atoms with Crippen LogP contribution in [0, 0.1) is 5.92 Å². The van der Waals surface area contributed by atoms with E-state index in [2.05, 4.69) is 0 Å². The van der Waals surface area contributed by atoms with Gasteiger partial charge in [0.15, 0.2) is 0 Å². The van der Waals surface area contributed by atoms with Gasteiger partial charge in [0.2, 0.25) is 0 Å². The number of thioether (sulfide) groups is 1. The molecule has 1 saturated carbocycles. The van der Waals surface area contributed by atoms with Crippen LogP contribution in [0.5, 0.6) is 0 Å². The second kappa shape index (κ2) is 2.64. The summed E-state index contributed by atoms with van der Waals surface area (Å²) in [6, 6.07) is 0. The van der Waals surface area contributed by atoms with Gasteiger partial charge in [-0.15, -0.1) is 0 Å². The molecule has 0 amide bonds. The maximum Gasteiger partial charge on any atom is 0.309 e. The van der Waals surface area contributed by atoms with E-state index >= 15 is 0 Å². The third-order valence-electron chi connectivity index (χ3n) is 3.09. The van der Waals surface area contributed by atoms with Gasteiger partial charge in [-0.1, -0.05) is 6.42 Å². The Morgan fingerprint density at radius 2 is 2.42 bits per heavy atom. The molecule has 2 fully saturated rings. The third-order valence-corrected chi connectivity index (χ3v) is 4.69. The van der Waals surface area contributed by atoms with Crippen molar-refractivity contribution in [2.75, 3.05) is 5.75 Å². The highest BCUT2D eigenvalue weighted by molar-refractivity contribution is 8.00. The molecule has 3 atom stereocenters. The standard InChI is InChI=1S/C8H13NO2S/c9-8-3-1-2-6(8)12-4-5(8)7(10)11/h5-6H,1-4,9H2,(H,10,11). The van der Waals surface area contributed by atoms with Gasteiger partial charge in [0.25, 0.3) is 0 Å². The highest BCUT2D eigenvalue weighted by Gasteiger charge is 2.53. The molecule has 12 heavy (non-hydrogen) atoms. The number of aliphatic carboxylic acids is 1. The van der Waals surface area contributed by atoms with Crippen LogP contribution in [0.2, 0.25) is 0 Å². The Labute approximate surface area is 75.7 Å². The largest absolute Gasteiger partial charge is 0.481 e. The Kier molecular flexibility index (Phi) is 1.84. The van der Waals surface area contributed by atoms with Crippen molar-refractivity contribution >= 4 is 17.7 Å². The van der Waals surface area contributed by atoms with Crippen LogP contribution in [0.15, 0.2) is 0 Å². The molecule has 0 spiro atoms. The lowest BCUT2D eigenvalue weighted by molar-refractivity contribution is -0.142. The average molecular weight is 187 g/mol. The summed E-state index contributed by atoms with van der Waals surface area (Å²) in [5, 5.41) is 9.33. The number of rotatable bonds is 1. The number of nitrogens with two attached hydrogens (primary N) is 1. The van der Waals surface area contributed by atoms with Gasteiger partial charge in [-0.25, -0.2) is 0 Å². The number of fused-ring (bicyclic) bond motifs is 1. The number of carboxylic acids is 1. The van der Waals surface area contributed by atoms with Crippen molar-refractivity contribution in [1.82, 2.24) is 0 Å². The lowest BCUT2D eigenvalue weighted by atomic mass is 9.85. The Morgan fingerprint density at radius 1 is 1.67 bits per heavy atom. The van der Waals surface area contributed by atoms with Crippen LogP contribution in [0.1, 0.15) is 19.3 Å². The molecule has 1 aliphatic carbocycles. The predicted octanol–water partition coefficient (Wildman–Crippen LogP) is 0.684. The van der Waals surface area contributed by atoms with Crippen molar-refractivity contribution in [2.24, 2.45) is 11.7 Å². The van der Waals surface area contributed by atoms with E-state index in [0.717, 1.165) is 19.3 Å². The molecule has 1 heterocycles. The van der Waals surface area contributed by atoms with Gasteiger partial charge in [0.05, 0.1) is 5.92 Å². The molecule has 3 N–H and O–H groups in total. The monoisotopic (exact) mass is 187 g/mol. The predicted molar refractivity (Wildman–Crippen MR) is 48.1 cm³/mol. The summed E-state index contributed by atoms with van der Waals surface area (Å²) < 4.78 is 0. The number of carboxylic acid groups (broad SMARTS) is 1. The van der Waals surface area contributed by atoms with E-state index in [1.54, 1.807) is 11.8 Å².